The van der Waals surface area contributed by atoms with Gasteiger partial charge >= 0.3 is 0 Å². The van der Waals surface area contributed by atoms with Crippen molar-refractivity contribution in [3.63, 3.8) is 0 Å². The lowest BCUT2D eigenvalue weighted by Gasteiger charge is -2.34. The molecule has 0 radical (unpaired) electrons. The Morgan fingerprint density at radius 1 is 1.29 bits per heavy atom. The maximum absolute atomic E-state index is 12.3. The summed E-state index contributed by atoms with van der Waals surface area (Å²) in [6.07, 6.45) is 5.72. The van der Waals surface area contributed by atoms with Gasteiger partial charge in [-0.05, 0) is 43.2 Å². The predicted molar refractivity (Wildman–Crippen MR) is 92.4 cm³/mol. The first-order valence-corrected chi connectivity index (χ1v) is 8.60. The van der Waals surface area contributed by atoms with Gasteiger partial charge < -0.3 is 10.0 Å². The average molecular weight is 327 g/mol. The van der Waals surface area contributed by atoms with Gasteiger partial charge in [-0.2, -0.15) is 5.10 Å². The third kappa shape index (κ3) is 4.23. The number of carbonyl (C=O) groups is 1. The molecule has 128 valence electrons. The van der Waals surface area contributed by atoms with E-state index in [1.54, 1.807) is 10.9 Å². The molecular formula is C19H25N3O2. The van der Waals surface area contributed by atoms with Gasteiger partial charge in [0.25, 0.3) is 0 Å². The Balaban J connectivity index is 1.47. The second-order valence-electron chi connectivity index (χ2n) is 6.69. The molecule has 0 saturated carbocycles. The summed E-state index contributed by atoms with van der Waals surface area (Å²) >= 11 is 0. The first kappa shape index (κ1) is 16.7. The van der Waals surface area contributed by atoms with Gasteiger partial charge in [-0.25, -0.2) is 0 Å². The first-order valence-electron chi connectivity index (χ1n) is 8.60. The highest BCUT2D eigenvalue weighted by atomic mass is 16.3. The summed E-state index contributed by atoms with van der Waals surface area (Å²) in [5.74, 6) is 0.371. The normalized spacial score (nSPS) is 17.0. The number of nitrogens with zero attached hydrogens (tertiary/aromatic N) is 3. The fourth-order valence-corrected chi connectivity index (χ4v) is 3.35. The Kier molecular flexibility index (Phi) is 5.30. The molecule has 1 aliphatic heterocycles. The Hall–Kier alpha value is -2.14. The molecule has 1 atom stereocenters. The molecule has 3 rings (SSSR count). The largest absolute Gasteiger partial charge is 0.392 e. The van der Waals surface area contributed by atoms with Crippen LogP contribution in [0.2, 0.25) is 0 Å². The molecule has 1 unspecified atom stereocenters. The first-order chi connectivity index (χ1) is 11.6. The topological polar surface area (TPSA) is 58.4 Å². The van der Waals surface area contributed by atoms with E-state index in [1.165, 1.54) is 0 Å². The molecule has 5 nitrogen and oxygen atoms in total. The van der Waals surface area contributed by atoms with Gasteiger partial charge in [-0.1, -0.05) is 30.3 Å². The van der Waals surface area contributed by atoms with Gasteiger partial charge in [0.2, 0.25) is 5.91 Å². The number of hydrogen-bond acceptors (Lipinski definition) is 3. The van der Waals surface area contributed by atoms with Crippen molar-refractivity contribution in [1.29, 1.82) is 0 Å². The summed E-state index contributed by atoms with van der Waals surface area (Å²) < 4.78 is 1.69. The lowest BCUT2D eigenvalue weighted by atomic mass is 9.88. The van der Waals surface area contributed by atoms with Crippen LogP contribution in [0, 0.1) is 12.8 Å². The Labute approximate surface area is 142 Å². The standard InChI is InChI=1S/C19H25N3O2/c1-15-12-20-22(13-15)14-19(24)21-9-7-17(8-10-21)18(23)11-16-5-3-2-4-6-16/h2-6,12-13,17-18,23H,7-11,14H2,1H3. The Morgan fingerprint density at radius 2 is 2.00 bits per heavy atom. The lowest BCUT2D eigenvalue weighted by Crippen LogP contribution is -2.43. The minimum atomic E-state index is -0.335. The maximum Gasteiger partial charge on any atom is 0.244 e. The van der Waals surface area contributed by atoms with Crippen molar-refractivity contribution in [3.8, 4) is 0 Å². The van der Waals surface area contributed by atoms with E-state index >= 15 is 0 Å². The molecule has 5 heteroatoms. The molecule has 1 aromatic carbocycles. The zero-order valence-corrected chi connectivity index (χ0v) is 14.1. The highest BCUT2D eigenvalue weighted by molar-refractivity contribution is 5.76. The molecule has 1 aromatic heterocycles. The van der Waals surface area contributed by atoms with E-state index in [2.05, 4.69) is 5.10 Å². The molecule has 0 spiro atoms. The molecule has 1 saturated heterocycles. The van der Waals surface area contributed by atoms with E-state index in [0.717, 1.165) is 37.1 Å². The molecule has 24 heavy (non-hydrogen) atoms. The van der Waals surface area contributed by atoms with Crippen LogP contribution in [0.5, 0.6) is 0 Å². The van der Waals surface area contributed by atoms with Crippen LogP contribution in [0.4, 0.5) is 0 Å². The summed E-state index contributed by atoms with van der Waals surface area (Å²) in [4.78, 5) is 14.2. The minimum Gasteiger partial charge on any atom is -0.392 e. The second kappa shape index (κ2) is 7.62. The summed E-state index contributed by atoms with van der Waals surface area (Å²) in [5.41, 5.74) is 2.23. The summed E-state index contributed by atoms with van der Waals surface area (Å²) in [6.45, 7) is 3.70. The molecule has 0 bridgehead atoms. The van der Waals surface area contributed by atoms with Crippen LogP contribution in [0.1, 0.15) is 24.0 Å². The third-order valence-corrected chi connectivity index (χ3v) is 4.78. The number of carbonyl (C=O) groups excluding carboxylic acids is 1. The van der Waals surface area contributed by atoms with Gasteiger partial charge in [-0.15, -0.1) is 0 Å². The Morgan fingerprint density at radius 3 is 2.62 bits per heavy atom. The molecule has 2 heterocycles. The van der Waals surface area contributed by atoms with Crippen molar-refractivity contribution in [1.82, 2.24) is 14.7 Å². The van der Waals surface area contributed by atoms with Crippen molar-refractivity contribution in [2.75, 3.05) is 13.1 Å². The van der Waals surface area contributed by atoms with Crippen LogP contribution in [0.15, 0.2) is 42.7 Å². The molecule has 1 amide bonds. The molecule has 1 fully saturated rings. The number of aryl methyl sites for hydroxylation is 1. The average Bonchev–Trinajstić information content (AvgIpc) is 3.00. The zero-order chi connectivity index (χ0) is 16.9. The second-order valence-corrected chi connectivity index (χ2v) is 6.69. The number of aliphatic hydroxyl groups is 1. The summed E-state index contributed by atoms with van der Waals surface area (Å²) in [6, 6.07) is 10.1. The van der Waals surface area contributed by atoms with Crippen molar-refractivity contribution in [3.05, 3.63) is 53.9 Å². The number of hydrogen-bond donors (Lipinski definition) is 1. The van der Waals surface area contributed by atoms with Crippen LogP contribution < -0.4 is 0 Å². The zero-order valence-electron chi connectivity index (χ0n) is 14.1. The molecule has 0 aliphatic carbocycles. The number of benzene rings is 1. The van der Waals surface area contributed by atoms with Crippen molar-refractivity contribution >= 4 is 5.91 Å². The van der Waals surface area contributed by atoms with Gasteiger partial charge in [0.15, 0.2) is 0 Å². The highest BCUT2D eigenvalue weighted by Gasteiger charge is 2.27. The van der Waals surface area contributed by atoms with E-state index in [-0.39, 0.29) is 17.9 Å². The van der Waals surface area contributed by atoms with Crippen LogP contribution in [-0.4, -0.2) is 44.9 Å². The Bertz CT molecular complexity index is 660. The van der Waals surface area contributed by atoms with E-state index in [4.69, 9.17) is 0 Å². The smallest absolute Gasteiger partial charge is 0.244 e. The number of aliphatic hydroxyl groups excluding tert-OH is 1. The quantitative estimate of drug-likeness (QED) is 0.914. The van der Waals surface area contributed by atoms with Crippen molar-refractivity contribution < 1.29 is 9.90 Å². The van der Waals surface area contributed by atoms with Gasteiger partial charge in [0, 0.05) is 19.3 Å². The van der Waals surface area contributed by atoms with Crippen LogP contribution in [0.25, 0.3) is 0 Å². The van der Waals surface area contributed by atoms with E-state index in [0.29, 0.717) is 13.0 Å². The number of amides is 1. The molecule has 1 N–H and O–H groups in total. The van der Waals surface area contributed by atoms with E-state index < -0.39 is 0 Å². The number of rotatable bonds is 5. The van der Waals surface area contributed by atoms with Crippen LogP contribution >= 0.6 is 0 Å². The summed E-state index contributed by atoms with van der Waals surface area (Å²) in [5, 5.41) is 14.6. The molecule has 1 aliphatic rings. The number of piperidine rings is 1. The summed E-state index contributed by atoms with van der Waals surface area (Å²) in [7, 11) is 0. The lowest BCUT2D eigenvalue weighted by molar-refractivity contribution is -0.134. The fourth-order valence-electron chi connectivity index (χ4n) is 3.35. The third-order valence-electron chi connectivity index (χ3n) is 4.78. The van der Waals surface area contributed by atoms with Crippen LogP contribution in [-0.2, 0) is 17.8 Å². The van der Waals surface area contributed by atoms with Gasteiger partial charge in [-0.3, -0.25) is 9.48 Å². The fraction of sp³-hybridized carbons (Fsp3) is 0.474. The van der Waals surface area contributed by atoms with E-state index in [1.807, 2.05) is 48.4 Å². The van der Waals surface area contributed by atoms with Crippen molar-refractivity contribution in [2.45, 2.75) is 38.8 Å². The molecule has 2 aromatic rings. The monoisotopic (exact) mass is 327 g/mol. The molecular weight excluding hydrogens is 302 g/mol. The minimum absolute atomic E-state index is 0.106. The predicted octanol–water partition coefficient (Wildman–Crippen LogP) is 2.03. The van der Waals surface area contributed by atoms with Crippen molar-refractivity contribution in [2.24, 2.45) is 5.92 Å². The SMILES string of the molecule is Cc1cnn(CC(=O)N2CCC(C(O)Cc3ccccc3)CC2)c1. The van der Waals surface area contributed by atoms with Crippen LogP contribution in [0.3, 0.4) is 0 Å². The maximum atomic E-state index is 12.3. The van der Waals surface area contributed by atoms with E-state index in [9.17, 15) is 9.90 Å². The highest BCUT2D eigenvalue weighted by Crippen LogP contribution is 2.23. The number of aromatic nitrogens is 2. The van der Waals surface area contributed by atoms with Gasteiger partial charge in [0.05, 0.1) is 12.3 Å². The number of likely N-dealkylation sites (tertiary alicyclic amines) is 1. The van der Waals surface area contributed by atoms with Gasteiger partial charge in [0.1, 0.15) is 6.54 Å².